The van der Waals surface area contributed by atoms with Crippen LogP contribution in [0.3, 0.4) is 0 Å². The number of ether oxygens (including phenoxy) is 1. The van der Waals surface area contributed by atoms with E-state index in [1.54, 1.807) is 12.3 Å². The second-order valence-electron chi connectivity index (χ2n) is 4.92. The van der Waals surface area contributed by atoms with Gasteiger partial charge in [-0.2, -0.15) is 0 Å². The van der Waals surface area contributed by atoms with Gasteiger partial charge in [-0.3, -0.25) is 0 Å². The molecule has 0 bridgehead atoms. The van der Waals surface area contributed by atoms with E-state index >= 15 is 0 Å². The van der Waals surface area contributed by atoms with Crippen LogP contribution in [0.2, 0.25) is 0 Å². The summed E-state index contributed by atoms with van der Waals surface area (Å²) in [5, 5.41) is 11.5. The molecule has 0 unspecified atom stereocenters. The van der Waals surface area contributed by atoms with Crippen LogP contribution in [0, 0.1) is 0 Å². The van der Waals surface area contributed by atoms with Crippen LogP contribution in [0.1, 0.15) is 19.4 Å². The van der Waals surface area contributed by atoms with Gasteiger partial charge in [0.05, 0.1) is 12.2 Å². The van der Waals surface area contributed by atoms with E-state index in [4.69, 9.17) is 15.7 Å². The lowest BCUT2D eigenvalue weighted by Crippen LogP contribution is -2.48. The third-order valence-corrected chi connectivity index (χ3v) is 2.90. The van der Waals surface area contributed by atoms with E-state index in [1.165, 1.54) is 0 Å². The Labute approximate surface area is 106 Å². The Kier molecular flexibility index (Phi) is 3.38. The molecular formula is C12H18N4O2. The Morgan fingerprint density at radius 2 is 2.33 bits per heavy atom. The van der Waals surface area contributed by atoms with Crippen molar-refractivity contribution in [3.8, 4) is 0 Å². The minimum atomic E-state index is -0.163. The summed E-state index contributed by atoms with van der Waals surface area (Å²) in [6, 6.07) is 3.66. The van der Waals surface area contributed by atoms with Crippen LogP contribution in [0.5, 0.6) is 0 Å². The molecule has 0 spiro atoms. The smallest absolute Gasteiger partial charge is 0.171 e. The molecule has 2 heterocycles. The molecule has 6 heteroatoms. The maximum Gasteiger partial charge on any atom is 0.171 e. The number of oxime groups is 1. The van der Waals surface area contributed by atoms with Crippen molar-refractivity contribution in [3.63, 3.8) is 0 Å². The van der Waals surface area contributed by atoms with E-state index in [0.717, 1.165) is 18.9 Å². The first-order valence-corrected chi connectivity index (χ1v) is 5.85. The number of nitrogens with zero attached hydrogens (tertiary/aromatic N) is 3. The van der Waals surface area contributed by atoms with Gasteiger partial charge in [0.2, 0.25) is 0 Å². The fourth-order valence-corrected chi connectivity index (χ4v) is 1.99. The van der Waals surface area contributed by atoms with Gasteiger partial charge >= 0.3 is 0 Å². The molecule has 1 aliphatic rings. The Hall–Kier alpha value is -1.82. The Balaban J connectivity index is 2.14. The predicted molar refractivity (Wildman–Crippen MR) is 69.0 cm³/mol. The summed E-state index contributed by atoms with van der Waals surface area (Å²) in [5.41, 5.74) is 5.94. The van der Waals surface area contributed by atoms with Gasteiger partial charge in [0.1, 0.15) is 5.82 Å². The maximum absolute atomic E-state index is 8.58. The molecule has 1 aromatic rings. The van der Waals surface area contributed by atoms with Gasteiger partial charge in [-0.05, 0) is 26.0 Å². The number of morpholine rings is 1. The van der Waals surface area contributed by atoms with Crippen molar-refractivity contribution < 1.29 is 9.94 Å². The molecule has 0 atom stereocenters. The molecule has 1 aromatic heterocycles. The number of hydrogen-bond acceptors (Lipinski definition) is 5. The van der Waals surface area contributed by atoms with Crippen molar-refractivity contribution in [1.29, 1.82) is 0 Å². The lowest BCUT2D eigenvalue weighted by Gasteiger charge is -2.38. The molecule has 0 saturated carbocycles. The van der Waals surface area contributed by atoms with Crippen molar-refractivity contribution in [1.82, 2.24) is 4.98 Å². The highest BCUT2D eigenvalue weighted by Gasteiger charge is 2.27. The molecule has 1 saturated heterocycles. The minimum Gasteiger partial charge on any atom is -0.409 e. The SMILES string of the molecule is CC1(C)CN(c2ccc(/C(N)=N/O)cn2)CCO1. The first-order chi connectivity index (χ1) is 8.52. The zero-order chi connectivity index (χ0) is 13.2. The molecule has 0 radical (unpaired) electrons. The summed E-state index contributed by atoms with van der Waals surface area (Å²) in [6.45, 7) is 6.42. The summed E-state index contributed by atoms with van der Waals surface area (Å²) in [4.78, 5) is 6.50. The van der Waals surface area contributed by atoms with E-state index in [2.05, 4.69) is 28.9 Å². The summed E-state index contributed by atoms with van der Waals surface area (Å²) in [7, 11) is 0. The molecule has 2 rings (SSSR count). The molecule has 6 nitrogen and oxygen atoms in total. The molecule has 98 valence electrons. The van der Waals surface area contributed by atoms with Gasteiger partial charge in [-0.1, -0.05) is 5.16 Å². The van der Waals surface area contributed by atoms with Crippen LogP contribution >= 0.6 is 0 Å². The first kappa shape index (κ1) is 12.6. The average Bonchev–Trinajstić information content (AvgIpc) is 2.37. The second kappa shape index (κ2) is 4.81. The fourth-order valence-electron chi connectivity index (χ4n) is 1.99. The number of nitrogens with two attached hydrogens (primary N) is 1. The highest BCUT2D eigenvalue weighted by molar-refractivity contribution is 5.96. The highest BCUT2D eigenvalue weighted by atomic mass is 16.5. The second-order valence-corrected chi connectivity index (χ2v) is 4.92. The number of aromatic nitrogens is 1. The topological polar surface area (TPSA) is 84.0 Å². The largest absolute Gasteiger partial charge is 0.409 e. The van der Waals surface area contributed by atoms with Crippen molar-refractivity contribution in [2.45, 2.75) is 19.4 Å². The van der Waals surface area contributed by atoms with Crippen LogP contribution in [-0.4, -0.2) is 41.3 Å². The van der Waals surface area contributed by atoms with E-state index in [9.17, 15) is 0 Å². The quantitative estimate of drug-likeness (QED) is 0.351. The maximum atomic E-state index is 8.58. The predicted octanol–water partition coefficient (Wildman–Crippen LogP) is 0.791. The van der Waals surface area contributed by atoms with Gasteiger partial charge in [-0.25, -0.2) is 4.98 Å². The van der Waals surface area contributed by atoms with Gasteiger partial charge in [0.25, 0.3) is 0 Å². The van der Waals surface area contributed by atoms with Gasteiger partial charge in [-0.15, -0.1) is 0 Å². The van der Waals surface area contributed by atoms with Crippen LogP contribution in [0.15, 0.2) is 23.5 Å². The number of anilines is 1. The van der Waals surface area contributed by atoms with Gasteiger partial charge in [0, 0.05) is 24.8 Å². The van der Waals surface area contributed by atoms with Crippen molar-refractivity contribution in [2.24, 2.45) is 10.9 Å². The monoisotopic (exact) mass is 250 g/mol. The third-order valence-electron chi connectivity index (χ3n) is 2.90. The molecule has 0 aromatic carbocycles. The molecule has 0 amide bonds. The van der Waals surface area contributed by atoms with Crippen molar-refractivity contribution >= 4 is 11.7 Å². The van der Waals surface area contributed by atoms with Crippen molar-refractivity contribution in [2.75, 3.05) is 24.6 Å². The summed E-state index contributed by atoms with van der Waals surface area (Å²) >= 11 is 0. The standard InChI is InChI=1S/C12H18N4O2/c1-12(2)8-16(5-6-18-12)10-4-3-9(7-14-10)11(13)15-17/h3-4,7,17H,5-6,8H2,1-2H3,(H2,13,15). The van der Waals surface area contributed by atoms with E-state index in [1.807, 2.05) is 6.07 Å². The Morgan fingerprint density at radius 3 is 2.89 bits per heavy atom. The molecule has 0 aliphatic carbocycles. The molecule has 3 N–H and O–H groups in total. The third kappa shape index (κ3) is 2.70. The molecule has 1 aliphatic heterocycles. The van der Waals surface area contributed by atoms with Gasteiger partial charge in [0.15, 0.2) is 5.84 Å². The van der Waals surface area contributed by atoms with E-state index in [0.29, 0.717) is 12.2 Å². The lowest BCUT2D eigenvalue weighted by molar-refractivity contribution is -0.0279. The van der Waals surface area contributed by atoms with Gasteiger partial charge < -0.3 is 20.6 Å². The number of pyridine rings is 1. The Morgan fingerprint density at radius 1 is 1.56 bits per heavy atom. The van der Waals surface area contributed by atoms with Crippen LogP contribution in [0.4, 0.5) is 5.82 Å². The number of hydrogen-bond donors (Lipinski definition) is 2. The molecule has 1 fully saturated rings. The average molecular weight is 250 g/mol. The fraction of sp³-hybridized carbons (Fsp3) is 0.500. The van der Waals surface area contributed by atoms with Crippen LogP contribution in [0.25, 0.3) is 0 Å². The summed E-state index contributed by atoms with van der Waals surface area (Å²) < 4.78 is 5.65. The van der Waals surface area contributed by atoms with E-state index < -0.39 is 0 Å². The molecular weight excluding hydrogens is 232 g/mol. The zero-order valence-corrected chi connectivity index (χ0v) is 10.6. The number of amidine groups is 1. The lowest BCUT2D eigenvalue weighted by atomic mass is 10.1. The minimum absolute atomic E-state index is 0.0661. The Bertz CT molecular complexity index is 442. The highest BCUT2D eigenvalue weighted by Crippen LogP contribution is 2.21. The van der Waals surface area contributed by atoms with Crippen LogP contribution in [-0.2, 0) is 4.74 Å². The van der Waals surface area contributed by atoms with E-state index in [-0.39, 0.29) is 11.4 Å². The van der Waals surface area contributed by atoms with Crippen LogP contribution < -0.4 is 10.6 Å². The van der Waals surface area contributed by atoms with Crippen molar-refractivity contribution in [3.05, 3.63) is 23.9 Å². The first-order valence-electron chi connectivity index (χ1n) is 5.85. The summed E-state index contributed by atoms with van der Waals surface area (Å²) in [5.74, 6) is 0.942. The summed E-state index contributed by atoms with van der Waals surface area (Å²) in [6.07, 6.45) is 1.60. The normalized spacial score (nSPS) is 19.9. The zero-order valence-electron chi connectivity index (χ0n) is 10.6. The number of rotatable bonds is 2. The molecule has 18 heavy (non-hydrogen) atoms.